The molecular formula is C14H20F3NO. The van der Waals surface area contributed by atoms with Crippen molar-refractivity contribution < 1.29 is 18.0 Å². The van der Waals surface area contributed by atoms with Gasteiger partial charge in [0.25, 0.3) is 0 Å². The fourth-order valence-corrected chi connectivity index (χ4v) is 1.29. The summed E-state index contributed by atoms with van der Waals surface area (Å²) in [6.45, 7) is 8.74. The largest absolute Gasteiger partial charge is 0.416 e. The molecular weight excluding hydrogens is 255 g/mol. The summed E-state index contributed by atoms with van der Waals surface area (Å²) in [6, 6.07) is 3.76. The maximum atomic E-state index is 12.6. The monoisotopic (exact) mass is 275 g/mol. The van der Waals surface area contributed by atoms with Crippen LogP contribution >= 0.6 is 0 Å². The smallest absolute Gasteiger partial charge is 0.326 e. The van der Waals surface area contributed by atoms with Gasteiger partial charge in [0.1, 0.15) is 0 Å². The molecule has 0 spiro atoms. The third kappa shape index (κ3) is 5.32. The lowest BCUT2D eigenvalue weighted by Gasteiger charge is -2.13. The molecule has 0 unspecified atom stereocenters. The number of amides is 1. The van der Waals surface area contributed by atoms with Crippen LogP contribution in [0.1, 0.15) is 38.8 Å². The summed E-state index contributed by atoms with van der Waals surface area (Å²) in [7, 11) is 0. The van der Waals surface area contributed by atoms with E-state index in [0.717, 1.165) is 6.07 Å². The van der Waals surface area contributed by atoms with E-state index in [1.165, 1.54) is 19.1 Å². The van der Waals surface area contributed by atoms with Gasteiger partial charge in [0.05, 0.1) is 5.56 Å². The van der Waals surface area contributed by atoms with Crippen molar-refractivity contribution in [1.29, 1.82) is 0 Å². The first-order chi connectivity index (χ1) is 8.71. The van der Waals surface area contributed by atoms with Gasteiger partial charge in [-0.25, -0.2) is 0 Å². The zero-order valence-electron chi connectivity index (χ0n) is 11.9. The van der Waals surface area contributed by atoms with Gasteiger partial charge in [-0.05, 0) is 24.6 Å². The van der Waals surface area contributed by atoms with Crippen LogP contribution in [0, 0.1) is 12.8 Å². The summed E-state index contributed by atoms with van der Waals surface area (Å²) in [5.41, 5.74) is -0.416. The summed E-state index contributed by atoms with van der Waals surface area (Å²) in [4.78, 5) is 11.4. The van der Waals surface area contributed by atoms with Gasteiger partial charge in [-0.1, -0.05) is 33.8 Å². The van der Waals surface area contributed by atoms with Gasteiger partial charge in [0.2, 0.25) is 5.91 Å². The Kier molecular flexibility index (Phi) is 6.59. The van der Waals surface area contributed by atoms with Gasteiger partial charge < -0.3 is 5.32 Å². The molecule has 5 heteroatoms. The summed E-state index contributed by atoms with van der Waals surface area (Å²) in [5, 5.41) is 2.44. The summed E-state index contributed by atoms with van der Waals surface area (Å²) in [5.74, 6) is -0.576. The van der Waals surface area contributed by atoms with E-state index in [1.54, 1.807) is 13.8 Å². The summed E-state index contributed by atoms with van der Waals surface area (Å²) in [6.07, 6.45) is -4.40. The second-order valence-corrected chi connectivity index (χ2v) is 4.17. The fraction of sp³-hybridized carbons (Fsp3) is 0.500. The Bertz CT molecular complexity index is 425. The van der Waals surface area contributed by atoms with E-state index in [9.17, 15) is 18.0 Å². The van der Waals surface area contributed by atoms with Crippen LogP contribution in [-0.2, 0) is 11.0 Å². The quantitative estimate of drug-likeness (QED) is 0.837. The van der Waals surface area contributed by atoms with Crippen molar-refractivity contribution in [3.63, 3.8) is 0 Å². The Balaban J connectivity index is 0.00000154. The highest BCUT2D eigenvalue weighted by Gasteiger charge is 2.32. The number of aryl methyl sites for hydroxylation is 1. The second-order valence-electron chi connectivity index (χ2n) is 4.17. The molecule has 0 aliphatic rings. The number of benzene rings is 1. The van der Waals surface area contributed by atoms with Crippen LogP contribution in [0.5, 0.6) is 0 Å². The minimum atomic E-state index is -4.40. The molecule has 0 saturated carbocycles. The molecule has 0 heterocycles. The van der Waals surface area contributed by atoms with Crippen molar-refractivity contribution in [2.24, 2.45) is 5.92 Å². The minimum absolute atomic E-state index is 0.139. The van der Waals surface area contributed by atoms with Gasteiger partial charge in [0.15, 0.2) is 0 Å². The highest BCUT2D eigenvalue weighted by atomic mass is 19.4. The van der Waals surface area contributed by atoms with Gasteiger partial charge >= 0.3 is 6.18 Å². The average molecular weight is 275 g/mol. The van der Waals surface area contributed by atoms with Crippen molar-refractivity contribution in [2.45, 2.75) is 40.8 Å². The Morgan fingerprint density at radius 2 is 1.74 bits per heavy atom. The van der Waals surface area contributed by atoms with E-state index in [1.807, 2.05) is 13.8 Å². The van der Waals surface area contributed by atoms with E-state index in [4.69, 9.17) is 0 Å². The zero-order chi connectivity index (χ0) is 15.2. The Morgan fingerprint density at radius 1 is 1.21 bits per heavy atom. The minimum Gasteiger partial charge on any atom is -0.326 e. The van der Waals surface area contributed by atoms with Gasteiger partial charge in [-0.15, -0.1) is 0 Å². The first-order valence-electron chi connectivity index (χ1n) is 6.20. The fourth-order valence-electron chi connectivity index (χ4n) is 1.29. The molecule has 0 saturated heterocycles. The first-order valence-corrected chi connectivity index (χ1v) is 6.20. The van der Waals surface area contributed by atoms with Crippen molar-refractivity contribution in [3.8, 4) is 0 Å². The first kappa shape index (κ1) is 17.5. The normalized spacial score (nSPS) is 10.8. The topological polar surface area (TPSA) is 29.1 Å². The predicted octanol–water partition coefficient (Wildman–Crippen LogP) is 4.63. The number of anilines is 1. The highest BCUT2D eigenvalue weighted by Crippen LogP contribution is 2.33. The van der Waals surface area contributed by atoms with Crippen LogP contribution in [0.25, 0.3) is 0 Å². The predicted molar refractivity (Wildman–Crippen MR) is 71.0 cm³/mol. The van der Waals surface area contributed by atoms with E-state index in [-0.39, 0.29) is 23.1 Å². The van der Waals surface area contributed by atoms with Crippen LogP contribution in [0.15, 0.2) is 18.2 Å². The van der Waals surface area contributed by atoms with Gasteiger partial charge in [-0.2, -0.15) is 13.2 Å². The van der Waals surface area contributed by atoms with Crippen molar-refractivity contribution >= 4 is 11.6 Å². The van der Waals surface area contributed by atoms with E-state index >= 15 is 0 Å². The molecule has 1 rings (SSSR count). The molecule has 0 aromatic heterocycles. The van der Waals surface area contributed by atoms with Gasteiger partial charge in [0, 0.05) is 11.6 Å². The molecule has 108 valence electrons. The molecule has 0 fully saturated rings. The second kappa shape index (κ2) is 7.16. The van der Waals surface area contributed by atoms with Crippen LogP contribution in [0.2, 0.25) is 0 Å². The number of carbonyl (C=O) groups is 1. The lowest BCUT2D eigenvalue weighted by atomic mass is 10.1. The molecule has 0 aliphatic heterocycles. The van der Waals surface area contributed by atoms with E-state index in [0.29, 0.717) is 0 Å². The summed E-state index contributed by atoms with van der Waals surface area (Å²) >= 11 is 0. The maximum Gasteiger partial charge on any atom is 0.416 e. The molecule has 0 aliphatic carbocycles. The van der Waals surface area contributed by atoms with Crippen LogP contribution in [0.4, 0.5) is 18.9 Å². The number of alkyl halides is 3. The summed E-state index contributed by atoms with van der Waals surface area (Å²) < 4.78 is 37.8. The number of halogens is 3. The zero-order valence-corrected chi connectivity index (χ0v) is 11.9. The van der Waals surface area contributed by atoms with Gasteiger partial charge in [-0.3, -0.25) is 4.79 Å². The number of nitrogens with one attached hydrogen (secondary N) is 1. The molecule has 1 N–H and O–H groups in total. The van der Waals surface area contributed by atoms with Crippen LogP contribution in [-0.4, -0.2) is 5.91 Å². The average Bonchev–Trinajstić information content (AvgIpc) is 2.32. The van der Waals surface area contributed by atoms with E-state index < -0.39 is 11.7 Å². The Morgan fingerprint density at radius 3 is 2.16 bits per heavy atom. The molecule has 1 aromatic carbocycles. The molecule has 2 nitrogen and oxygen atoms in total. The van der Waals surface area contributed by atoms with Crippen molar-refractivity contribution in [1.82, 2.24) is 0 Å². The maximum absolute atomic E-state index is 12.6. The van der Waals surface area contributed by atoms with Crippen molar-refractivity contribution in [2.75, 3.05) is 5.32 Å². The molecule has 19 heavy (non-hydrogen) atoms. The number of rotatable bonds is 2. The third-order valence-corrected chi connectivity index (χ3v) is 2.33. The Labute approximate surface area is 112 Å². The molecule has 0 radical (unpaired) electrons. The Hall–Kier alpha value is -1.52. The SMILES string of the molecule is CC.Cc1ccc(NC(=O)C(C)C)cc1C(F)(F)F. The van der Waals surface area contributed by atoms with Crippen molar-refractivity contribution in [3.05, 3.63) is 29.3 Å². The number of carbonyl (C=O) groups excluding carboxylic acids is 1. The highest BCUT2D eigenvalue weighted by molar-refractivity contribution is 5.92. The third-order valence-electron chi connectivity index (χ3n) is 2.33. The van der Waals surface area contributed by atoms with E-state index in [2.05, 4.69) is 5.32 Å². The molecule has 0 bridgehead atoms. The standard InChI is InChI=1S/C12H14F3NO.C2H6/c1-7(2)11(17)16-9-5-4-8(3)10(6-9)12(13,14)15;1-2/h4-7H,1-3H3,(H,16,17);1-2H3. The number of hydrogen-bond donors (Lipinski definition) is 1. The molecule has 0 atom stereocenters. The molecule has 1 amide bonds. The molecule has 1 aromatic rings. The lowest BCUT2D eigenvalue weighted by molar-refractivity contribution is -0.138. The number of hydrogen-bond acceptors (Lipinski definition) is 1. The van der Waals surface area contributed by atoms with Crippen LogP contribution in [0.3, 0.4) is 0 Å². The van der Waals surface area contributed by atoms with Crippen LogP contribution < -0.4 is 5.32 Å². The lowest BCUT2D eigenvalue weighted by Crippen LogP contribution is -2.18.